The molecule has 0 atom stereocenters. The van der Waals surface area contributed by atoms with Gasteiger partial charge in [-0.25, -0.2) is 4.79 Å². The second-order valence-corrected chi connectivity index (χ2v) is 6.54. The molecule has 0 aromatic heterocycles. The highest BCUT2D eigenvalue weighted by Gasteiger charge is 2.15. The van der Waals surface area contributed by atoms with E-state index in [1.165, 1.54) is 19.3 Å². The minimum atomic E-state index is -0.903. The second kappa shape index (κ2) is 14.8. The molecule has 1 aromatic rings. The summed E-state index contributed by atoms with van der Waals surface area (Å²) < 4.78 is 5.46. The molecule has 0 unspecified atom stereocenters. The molecule has 0 bridgehead atoms. The first-order chi connectivity index (χ1) is 13.2. The molecule has 0 aliphatic rings. The van der Waals surface area contributed by atoms with Crippen molar-refractivity contribution in [2.24, 2.45) is 0 Å². The lowest BCUT2D eigenvalue weighted by molar-refractivity contribution is 0.0691. The van der Waals surface area contributed by atoms with Crippen LogP contribution in [0.15, 0.2) is 55.2 Å². The van der Waals surface area contributed by atoms with Gasteiger partial charge in [0.15, 0.2) is 0 Å². The molecule has 3 heteroatoms. The van der Waals surface area contributed by atoms with Crippen LogP contribution in [-0.2, 0) is 6.42 Å². The van der Waals surface area contributed by atoms with Gasteiger partial charge in [0.1, 0.15) is 11.3 Å². The summed E-state index contributed by atoms with van der Waals surface area (Å²) in [6.45, 7) is 6.03. The van der Waals surface area contributed by atoms with Crippen molar-refractivity contribution in [3.8, 4) is 5.75 Å². The molecule has 0 saturated carbocycles. The summed E-state index contributed by atoms with van der Waals surface area (Å²) in [4.78, 5) is 11.6. The maximum atomic E-state index is 11.6. The molecule has 3 nitrogen and oxygen atoms in total. The molecule has 0 spiro atoms. The number of aryl methyl sites for hydroxylation is 1. The van der Waals surface area contributed by atoms with Crippen molar-refractivity contribution < 1.29 is 14.6 Å². The minimum absolute atomic E-state index is 0.326. The van der Waals surface area contributed by atoms with E-state index in [0.717, 1.165) is 44.1 Å². The van der Waals surface area contributed by atoms with Crippen LogP contribution in [0, 0.1) is 0 Å². The van der Waals surface area contributed by atoms with Crippen molar-refractivity contribution in [2.75, 3.05) is 6.61 Å². The third-order valence-electron chi connectivity index (χ3n) is 4.35. The number of rotatable bonds is 15. The van der Waals surface area contributed by atoms with E-state index < -0.39 is 5.97 Å². The summed E-state index contributed by atoms with van der Waals surface area (Å²) in [7, 11) is 0. The number of aromatic carboxylic acids is 1. The standard InChI is InChI=1S/C24H34O3/c1-3-5-6-7-8-9-10-11-12-13-14-15-16-18-21-19-17-20-22(27-4-2)23(21)24(25)26/h3,6-7,9-10,17,19-20H,1,4-5,8,11-16,18H2,2H3,(H,25,26)/b7-6-,10-9-. The van der Waals surface area contributed by atoms with Crippen molar-refractivity contribution in [1.29, 1.82) is 0 Å². The highest BCUT2D eigenvalue weighted by molar-refractivity contribution is 5.92. The normalized spacial score (nSPS) is 11.3. The van der Waals surface area contributed by atoms with Crippen LogP contribution in [0.4, 0.5) is 0 Å². The molecule has 0 aliphatic heterocycles. The largest absolute Gasteiger partial charge is 0.493 e. The van der Waals surface area contributed by atoms with Gasteiger partial charge in [-0.15, -0.1) is 6.58 Å². The summed E-state index contributed by atoms with van der Waals surface area (Å²) in [5.74, 6) is -0.422. The average Bonchev–Trinajstić information content (AvgIpc) is 2.65. The van der Waals surface area contributed by atoms with Gasteiger partial charge in [0.25, 0.3) is 0 Å². The third kappa shape index (κ3) is 9.83. The van der Waals surface area contributed by atoms with Crippen LogP contribution in [0.3, 0.4) is 0 Å². The fourth-order valence-corrected chi connectivity index (χ4v) is 2.99. The molecule has 0 heterocycles. The smallest absolute Gasteiger partial charge is 0.339 e. The van der Waals surface area contributed by atoms with Gasteiger partial charge in [-0.05, 0) is 57.1 Å². The maximum Gasteiger partial charge on any atom is 0.339 e. The molecular weight excluding hydrogens is 336 g/mol. The SMILES string of the molecule is C=CC/C=C\C/C=C\CCCCCCCc1cccc(OCC)c1C(=O)O. The Morgan fingerprint density at radius 2 is 1.74 bits per heavy atom. The van der Waals surface area contributed by atoms with Crippen LogP contribution in [0.25, 0.3) is 0 Å². The molecule has 1 rings (SSSR count). The van der Waals surface area contributed by atoms with Gasteiger partial charge < -0.3 is 9.84 Å². The van der Waals surface area contributed by atoms with Crippen LogP contribution in [-0.4, -0.2) is 17.7 Å². The van der Waals surface area contributed by atoms with E-state index in [4.69, 9.17) is 4.74 Å². The van der Waals surface area contributed by atoms with E-state index in [1.807, 2.05) is 25.1 Å². The number of unbranched alkanes of at least 4 members (excludes halogenated alkanes) is 5. The zero-order valence-electron chi connectivity index (χ0n) is 16.7. The molecule has 0 fully saturated rings. The predicted octanol–water partition coefficient (Wildman–Crippen LogP) is 6.75. The first kappa shape index (κ1) is 22.8. The van der Waals surface area contributed by atoms with Crippen molar-refractivity contribution in [3.05, 3.63) is 66.3 Å². The van der Waals surface area contributed by atoms with Crippen molar-refractivity contribution in [1.82, 2.24) is 0 Å². The number of benzene rings is 1. The van der Waals surface area contributed by atoms with E-state index in [0.29, 0.717) is 17.9 Å². The van der Waals surface area contributed by atoms with E-state index in [-0.39, 0.29) is 0 Å². The summed E-state index contributed by atoms with van der Waals surface area (Å²) in [6.07, 6.45) is 20.3. The monoisotopic (exact) mass is 370 g/mol. The average molecular weight is 371 g/mol. The molecule has 1 N–H and O–H groups in total. The van der Waals surface area contributed by atoms with E-state index in [2.05, 4.69) is 30.9 Å². The Balaban J connectivity index is 2.22. The number of carbonyl (C=O) groups is 1. The van der Waals surface area contributed by atoms with Crippen molar-refractivity contribution in [3.63, 3.8) is 0 Å². The Labute approximate surface area is 164 Å². The van der Waals surface area contributed by atoms with Crippen molar-refractivity contribution >= 4 is 5.97 Å². The molecule has 0 saturated heterocycles. The molecule has 27 heavy (non-hydrogen) atoms. The van der Waals surface area contributed by atoms with E-state index in [9.17, 15) is 9.90 Å². The van der Waals surface area contributed by atoms with Crippen LogP contribution in [0.5, 0.6) is 5.75 Å². The quantitative estimate of drug-likeness (QED) is 0.274. The number of carboxylic acid groups (broad SMARTS) is 1. The molecular formula is C24H34O3. The lowest BCUT2D eigenvalue weighted by Crippen LogP contribution is -2.07. The number of carboxylic acids is 1. The predicted molar refractivity (Wildman–Crippen MR) is 114 cm³/mol. The molecule has 148 valence electrons. The fourth-order valence-electron chi connectivity index (χ4n) is 2.99. The van der Waals surface area contributed by atoms with Crippen LogP contribution < -0.4 is 4.74 Å². The molecule has 1 aromatic carbocycles. The third-order valence-corrected chi connectivity index (χ3v) is 4.35. The van der Waals surface area contributed by atoms with Gasteiger partial charge in [0.05, 0.1) is 6.61 Å². The Morgan fingerprint density at radius 1 is 1.04 bits per heavy atom. The summed E-state index contributed by atoms with van der Waals surface area (Å²) in [5, 5.41) is 9.48. The van der Waals surface area contributed by atoms with E-state index in [1.54, 1.807) is 6.07 Å². The number of hydrogen-bond donors (Lipinski definition) is 1. The molecule has 0 amide bonds. The first-order valence-electron chi connectivity index (χ1n) is 10.1. The van der Waals surface area contributed by atoms with E-state index >= 15 is 0 Å². The van der Waals surface area contributed by atoms with Crippen LogP contribution in [0.2, 0.25) is 0 Å². The zero-order valence-corrected chi connectivity index (χ0v) is 16.7. The number of allylic oxidation sites excluding steroid dienone is 5. The fraction of sp³-hybridized carbons (Fsp3) is 0.458. The summed E-state index contributed by atoms with van der Waals surface area (Å²) in [5.41, 5.74) is 1.20. The Kier molecular flexibility index (Phi) is 12.5. The maximum absolute atomic E-state index is 11.6. The topological polar surface area (TPSA) is 46.5 Å². The van der Waals surface area contributed by atoms with Gasteiger partial charge >= 0.3 is 5.97 Å². The van der Waals surface area contributed by atoms with Gasteiger partial charge in [-0.2, -0.15) is 0 Å². The minimum Gasteiger partial charge on any atom is -0.493 e. The first-order valence-corrected chi connectivity index (χ1v) is 10.1. The Hall–Kier alpha value is -2.29. The molecule has 0 aliphatic carbocycles. The lowest BCUT2D eigenvalue weighted by Gasteiger charge is -2.11. The summed E-state index contributed by atoms with van der Waals surface area (Å²) in [6, 6.07) is 5.52. The highest BCUT2D eigenvalue weighted by atomic mass is 16.5. The van der Waals surface area contributed by atoms with Gasteiger partial charge in [0.2, 0.25) is 0 Å². The number of ether oxygens (including phenoxy) is 1. The lowest BCUT2D eigenvalue weighted by atomic mass is 9.99. The van der Waals surface area contributed by atoms with Crippen LogP contribution in [0.1, 0.15) is 74.2 Å². The van der Waals surface area contributed by atoms with Crippen molar-refractivity contribution in [2.45, 2.75) is 64.7 Å². The number of hydrogen-bond acceptors (Lipinski definition) is 2. The molecule has 0 radical (unpaired) electrons. The van der Waals surface area contributed by atoms with Gasteiger partial charge in [-0.3, -0.25) is 0 Å². The summed E-state index contributed by atoms with van der Waals surface area (Å²) >= 11 is 0. The Bertz CT molecular complexity index is 614. The second-order valence-electron chi connectivity index (χ2n) is 6.54. The Morgan fingerprint density at radius 3 is 2.48 bits per heavy atom. The van der Waals surface area contributed by atoms with Gasteiger partial charge in [0, 0.05) is 0 Å². The zero-order chi connectivity index (χ0) is 19.7. The van der Waals surface area contributed by atoms with Gasteiger partial charge in [-0.1, -0.05) is 61.8 Å². The van der Waals surface area contributed by atoms with Crippen LogP contribution >= 0.6 is 0 Å². The highest BCUT2D eigenvalue weighted by Crippen LogP contribution is 2.24.